The van der Waals surface area contributed by atoms with Crippen molar-refractivity contribution >= 4 is 5.97 Å². The van der Waals surface area contributed by atoms with Crippen LogP contribution >= 0.6 is 0 Å². The number of carboxylic acid groups (broad SMARTS) is 1. The third kappa shape index (κ3) is 4.16. The van der Waals surface area contributed by atoms with Crippen molar-refractivity contribution in [2.45, 2.75) is 46.0 Å². The maximum Gasteiger partial charge on any atom is 0.335 e. The molecule has 0 atom stereocenters. The molecule has 2 aromatic carbocycles. The number of ether oxygens (including phenoxy) is 1. The van der Waals surface area contributed by atoms with E-state index in [9.17, 15) is 9.90 Å². The molecular weight excluding hydrogens is 300 g/mol. The van der Waals surface area contributed by atoms with Crippen molar-refractivity contribution in [1.82, 2.24) is 0 Å². The molecule has 0 bridgehead atoms. The average molecular weight is 326 g/mol. The smallest absolute Gasteiger partial charge is 0.335 e. The molecule has 3 nitrogen and oxygen atoms in total. The minimum absolute atomic E-state index is 0.218. The Morgan fingerprint density at radius 1 is 1.00 bits per heavy atom. The van der Waals surface area contributed by atoms with Crippen molar-refractivity contribution in [2.75, 3.05) is 6.61 Å². The van der Waals surface area contributed by atoms with Gasteiger partial charge in [-0.15, -0.1) is 0 Å². The van der Waals surface area contributed by atoms with Crippen LogP contribution < -0.4 is 4.74 Å². The van der Waals surface area contributed by atoms with Gasteiger partial charge in [0.2, 0.25) is 0 Å². The van der Waals surface area contributed by atoms with Crippen molar-refractivity contribution < 1.29 is 14.6 Å². The highest BCUT2D eigenvalue weighted by Gasteiger charge is 2.24. The number of carboxylic acids is 1. The van der Waals surface area contributed by atoms with E-state index in [4.69, 9.17) is 4.74 Å². The summed E-state index contributed by atoms with van der Waals surface area (Å²) in [6.07, 6.45) is 1.61. The van der Waals surface area contributed by atoms with Gasteiger partial charge in [-0.1, -0.05) is 51.1 Å². The van der Waals surface area contributed by atoms with Gasteiger partial charge < -0.3 is 9.84 Å². The van der Waals surface area contributed by atoms with E-state index >= 15 is 0 Å². The molecule has 24 heavy (non-hydrogen) atoms. The van der Waals surface area contributed by atoms with Crippen molar-refractivity contribution in [3.8, 4) is 5.75 Å². The minimum atomic E-state index is -0.864. The molecule has 0 spiro atoms. The van der Waals surface area contributed by atoms with Gasteiger partial charge in [0.05, 0.1) is 12.2 Å². The molecule has 0 fully saturated rings. The van der Waals surface area contributed by atoms with Gasteiger partial charge in [-0.25, -0.2) is 4.79 Å². The molecule has 0 unspecified atom stereocenters. The van der Waals surface area contributed by atoms with Crippen molar-refractivity contribution in [2.24, 2.45) is 0 Å². The fourth-order valence-electron chi connectivity index (χ4n) is 3.15. The average Bonchev–Trinajstić information content (AvgIpc) is 2.53. The number of para-hydroxylation sites is 1. The van der Waals surface area contributed by atoms with Crippen LogP contribution in [0.4, 0.5) is 0 Å². The summed E-state index contributed by atoms with van der Waals surface area (Å²) in [7, 11) is 0. The maximum absolute atomic E-state index is 11.6. The summed E-state index contributed by atoms with van der Waals surface area (Å²) >= 11 is 0. The first-order chi connectivity index (χ1) is 11.3. The van der Waals surface area contributed by atoms with Gasteiger partial charge in [0.1, 0.15) is 5.75 Å². The number of carbonyl (C=O) groups is 1. The third-order valence-corrected chi connectivity index (χ3v) is 4.07. The lowest BCUT2D eigenvalue weighted by atomic mass is 9.79. The Hall–Kier alpha value is -2.29. The lowest BCUT2D eigenvalue weighted by Crippen LogP contribution is -2.20. The summed E-state index contributed by atoms with van der Waals surface area (Å²) in [5, 5.41) is 9.53. The molecule has 1 N–H and O–H groups in total. The Bertz CT molecular complexity index is 711. The molecule has 2 rings (SSSR count). The lowest BCUT2D eigenvalue weighted by molar-refractivity contribution is 0.0694. The number of rotatable bonds is 6. The first-order valence-electron chi connectivity index (χ1n) is 8.41. The molecule has 0 saturated carbocycles. The molecule has 2 aromatic rings. The Kier molecular flexibility index (Phi) is 5.66. The molecule has 0 aliphatic carbocycles. The van der Waals surface area contributed by atoms with Gasteiger partial charge >= 0.3 is 5.97 Å². The predicted molar refractivity (Wildman–Crippen MR) is 97.1 cm³/mol. The fourth-order valence-corrected chi connectivity index (χ4v) is 3.15. The zero-order chi connectivity index (χ0) is 17.7. The number of hydrogen-bond acceptors (Lipinski definition) is 2. The second-order valence-electron chi connectivity index (χ2n) is 6.94. The van der Waals surface area contributed by atoms with Gasteiger partial charge in [0.25, 0.3) is 0 Å². The van der Waals surface area contributed by atoms with Gasteiger partial charge in [0, 0.05) is 0 Å². The van der Waals surface area contributed by atoms with Crippen LogP contribution in [0.3, 0.4) is 0 Å². The van der Waals surface area contributed by atoms with Crippen LogP contribution in [0, 0.1) is 0 Å². The van der Waals surface area contributed by atoms with Crippen molar-refractivity contribution in [3.05, 3.63) is 64.7 Å². The molecule has 0 aromatic heterocycles. The summed E-state index contributed by atoms with van der Waals surface area (Å²) < 4.78 is 5.69. The monoisotopic (exact) mass is 326 g/mol. The Balaban J connectivity index is 2.34. The van der Waals surface area contributed by atoms with E-state index in [0.29, 0.717) is 12.2 Å². The minimum Gasteiger partial charge on any atom is -0.494 e. The molecule has 0 saturated heterocycles. The highest BCUT2D eigenvalue weighted by molar-refractivity contribution is 5.90. The molecule has 0 aliphatic heterocycles. The SMILES string of the molecule is CCOc1ccccc1CCc1cccc(C(=O)O)c1C(C)(C)C. The normalized spacial score (nSPS) is 11.3. The molecule has 128 valence electrons. The summed E-state index contributed by atoms with van der Waals surface area (Å²) in [4.78, 5) is 11.6. The Morgan fingerprint density at radius 2 is 1.62 bits per heavy atom. The third-order valence-electron chi connectivity index (χ3n) is 4.07. The van der Waals surface area contributed by atoms with Crippen LogP contribution in [-0.2, 0) is 18.3 Å². The largest absolute Gasteiger partial charge is 0.494 e. The molecule has 0 heterocycles. The number of aromatic carboxylic acids is 1. The zero-order valence-corrected chi connectivity index (χ0v) is 14.9. The van der Waals surface area contributed by atoms with Gasteiger partial charge in [0.15, 0.2) is 0 Å². The number of hydrogen-bond donors (Lipinski definition) is 1. The first-order valence-corrected chi connectivity index (χ1v) is 8.41. The van der Waals surface area contributed by atoms with Gasteiger partial charge in [-0.3, -0.25) is 0 Å². The summed E-state index contributed by atoms with van der Waals surface area (Å²) in [6, 6.07) is 13.6. The standard InChI is InChI=1S/C21H26O3/c1-5-24-18-12-7-6-9-15(18)13-14-16-10-8-11-17(20(22)23)19(16)21(2,3)4/h6-12H,5,13-14H2,1-4H3,(H,22,23). The van der Waals surface area contributed by atoms with E-state index < -0.39 is 5.97 Å². The quantitative estimate of drug-likeness (QED) is 0.824. The Labute approximate surface area is 144 Å². The van der Waals surface area contributed by atoms with Crippen LogP contribution in [-0.4, -0.2) is 17.7 Å². The molecular formula is C21H26O3. The lowest BCUT2D eigenvalue weighted by Gasteiger charge is -2.25. The van der Waals surface area contributed by atoms with E-state index in [2.05, 4.69) is 26.8 Å². The van der Waals surface area contributed by atoms with E-state index in [0.717, 1.165) is 35.3 Å². The first kappa shape index (κ1) is 18.1. The number of aryl methyl sites for hydroxylation is 2. The second kappa shape index (κ2) is 7.52. The van der Waals surface area contributed by atoms with Crippen LogP contribution in [0.25, 0.3) is 0 Å². The Morgan fingerprint density at radius 3 is 2.25 bits per heavy atom. The number of benzene rings is 2. The summed E-state index contributed by atoms with van der Waals surface area (Å²) in [6.45, 7) is 8.80. The van der Waals surface area contributed by atoms with Crippen molar-refractivity contribution in [3.63, 3.8) is 0 Å². The van der Waals surface area contributed by atoms with E-state index in [-0.39, 0.29) is 5.41 Å². The van der Waals surface area contributed by atoms with Gasteiger partial charge in [-0.05, 0) is 54.0 Å². The van der Waals surface area contributed by atoms with Crippen LogP contribution in [0.15, 0.2) is 42.5 Å². The van der Waals surface area contributed by atoms with E-state index in [1.54, 1.807) is 6.07 Å². The highest BCUT2D eigenvalue weighted by atomic mass is 16.5. The molecule has 0 amide bonds. The molecule has 0 radical (unpaired) electrons. The zero-order valence-electron chi connectivity index (χ0n) is 14.9. The maximum atomic E-state index is 11.6. The predicted octanol–water partition coefficient (Wildman–Crippen LogP) is 4.87. The van der Waals surface area contributed by atoms with Crippen LogP contribution in [0.1, 0.15) is 54.7 Å². The molecule has 3 heteroatoms. The van der Waals surface area contributed by atoms with Crippen LogP contribution in [0.5, 0.6) is 5.75 Å². The topological polar surface area (TPSA) is 46.5 Å². The highest BCUT2D eigenvalue weighted by Crippen LogP contribution is 2.31. The van der Waals surface area contributed by atoms with E-state index in [1.807, 2.05) is 37.3 Å². The van der Waals surface area contributed by atoms with E-state index in [1.165, 1.54) is 0 Å². The fraction of sp³-hybridized carbons (Fsp3) is 0.381. The van der Waals surface area contributed by atoms with Gasteiger partial charge in [-0.2, -0.15) is 0 Å². The summed E-state index contributed by atoms with van der Waals surface area (Å²) in [5.41, 5.74) is 3.35. The van der Waals surface area contributed by atoms with Crippen molar-refractivity contribution in [1.29, 1.82) is 0 Å². The second-order valence-corrected chi connectivity index (χ2v) is 6.94. The van der Waals surface area contributed by atoms with Crippen LogP contribution in [0.2, 0.25) is 0 Å². The summed E-state index contributed by atoms with van der Waals surface area (Å²) in [5.74, 6) is 0.0446. The molecule has 0 aliphatic rings.